The van der Waals surface area contributed by atoms with Crippen LogP contribution in [0.3, 0.4) is 0 Å². The van der Waals surface area contributed by atoms with E-state index in [4.69, 9.17) is 10.5 Å². The van der Waals surface area contributed by atoms with E-state index in [1.54, 1.807) is 7.11 Å². The molecular weight excluding hydrogens is 166 g/mol. The Labute approximate surface area is 67.6 Å². The summed E-state index contributed by atoms with van der Waals surface area (Å²) in [4.78, 5) is 0. The molecule has 0 saturated heterocycles. The van der Waals surface area contributed by atoms with Crippen molar-refractivity contribution in [3.05, 3.63) is 0 Å². The molecule has 2 N–H and O–H groups in total. The van der Waals surface area contributed by atoms with E-state index in [0.29, 0.717) is 13.0 Å². The van der Waals surface area contributed by atoms with Gasteiger partial charge in [-0.25, -0.2) is 8.42 Å². The molecule has 0 amide bonds. The van der Waals surface area contributed by atoms with Gasteiger partial charge in [0, 0.05) is 20.3 Å². The van der Waals surface area contributed by atoms with Crippen molar-refractivity contribution in [1.82, 2.24) is 0 Å². The maximum absolute atomic E-state index is 11.0. The van der Waals surface area contributed by atoms with E-state index in [2.05, 4.69) is 0 Å². The van der Waals surface area contributed by atoms with E-state index in [9.17, 15) is 8.42 Å². The summed E-state index contributed by atoms with van der Waals surface area (Å²) in [6.07, 6.45) is 0.554. The van der Waals surface area contributed by atoms with E-state index >= 15 is 0 Å². The Morgan fingerprint density at radius 2 is 2.00 bits per heavy atom. The summed E-state index contributed by atoms with van der Waals surface area (Å²) in [6, 6.07) is 0. The zero-order valence-corrected chi connectivity index (χ0v) is 7.56. The molecule has 4 nitrogen and oxygen atoms in total. The molecule has 0 rings (SSSR count). The van der Waals surface area contributed by atoms with Crippen LogP contribution >= 0.6 is 0 Å². The molecular formula is C6H15NO3S. The standard InChI is InChI=1S/C6H15NO3S/c1-10-4-2-5-11(8,9)6-3-7/h2-7H2,1H3. The number of hydrogen-bond donors (Lipinski definition) is 1. The number of hydrogen-bond acceptors (Lipinski definition) is 4. The van der Waals surface area contributed by atoms with Crippen molar-refractivity contribution < 1.29 is 13.2 Å². The number of nitrogens with two attached hydrogens (primary N) is 1. The Balaban J connectivity index is 3.56. The third-order valence-corrected chi connectivity index (χ3v) is 3.00. The lowest BCUT2D eigenvalue weighted by Gasteiger charge is -2.00. The molecule has 11 heavy (non-hydrogen) atoms. The number of rotatable bonds is 6. The van der Waals surface area contributed by atoms with Crippen molar-refractivity contribution in [2.24, 2.45) is 5.73 Å². The largest absolute Gasteiger partial charge is 0.385 e. The van der Waals surface area contributed by atoms with Crippen LogP contribution in [0, 0.1) is 0 Å². The molecule has 0 spiro atoms. The second kappa shape index (κ2) is 5.51. The molecule has 0 bridgehead atoms. The normalized spacial score (nSPS) is 11.8. The molecule has 0 aromatic carbocycles. The Hall–Kier alpha value is -0.130. The fourth-order valence-electron chi connectivity index (χ4n) is 0.705. The van der Waals surface area contributed by atoms with Crippen LogP contribution in [0.1, 0.15) is 6.42 Å². The fourth-order valence-corrected chi connectivity index (χ4v) is 1.83. The second-order valence-corrected chi connectivity index (χ2v) is 4.59. The molecule has 0 aliphatic carbocycles. The highest BCUT2D eigenvalue weighted by molar-refractivity contribution is 7.91. The number of methoxy groups -OCH3 is 1. The van der Waals surface area contributed by atoms with E-state index < -0.39 is 9.84 Å². The van der Waals surface area contributed by atoms with E-state index in [1.807, 2.05) is 0 Å². The monoisotopic (exact) mass is 181 g/mol. The number of ether oxygens (including phenoxy) is 1. The van der Waals surface area contributed by atoms with Crippen molar-refractivity contribution in [2.75, 3.05) is 31.8 Å². The van der Waals surface area contributed by atoms with E-state index in [-0.39, 0.29) is 18.1 Å². The molecule has 0 aliphatic rings. The van der Waals surface area contributed by atoms with Gasteiger partial charge in [0.25, 0.3) is 0 Å². The molecule has 0 aromatic rings. The highest BCUT2D eigenvalue weighted by Gasteiger charge is 2.07. The smallest absolute Gasteiger partial charge is 0.151 e. The molecule has 0 fully saturated rings. The first kappa shape index (κ1) is 10.9. The first-order chi connectivity index (χ1) is 5.12. The predicted octanol–water partition coefficient (Wildman–Crippen LogP) is -0.604. The summed E-state index contributed by atoms with van der Waals surface area (Å²) in [5.41, 5.74) is 5.11. The summed E-state index contributed by atoms with van der Waals surface area (Å²) in [6.45, 7) is 0.694. The fraction of sp³-hybridized carbons (Fsp3) is 1.00. The van der Waals surface area contributed by atoms with Crippen molar-refractivity contribution in [3.8, 4) is 0 Å². The van der Waals surface area contributed by atoms with Gasteiger partial charge in [0.15, 0.2) is 9.84 Å². The average Bonchev–Trinajstić information content (AvgIpc) is 1.87. The molecule has 0 aromatic heterocycles. The summed E-state index contributed by atoms with van der Waals surface area (Å²) in [7, 11) is -1.36. The van der Waals surface area contributed by atoms with Crippen LogP contribution < -0.4 is 5.73 Å². The number of sulfone groups is 1. The zero-order chi connectivity index (χ0) is 8.74. The van der Waals surface area contributed by atoms with Crippen LogP contribution in [0.15, 0.2) is 0 Å². The Morgan fingerprint density at radius 1 is 1.36 bits per heavy atom. The lowest BCUT2D eigenvalue weighted by atomic mass is 10.5. The van der Waals surface area contributed by atoms with Gasteiger partial charge in [0.05, 0.1) is 11.5 Å². The van der Waals surface area contributed by atoms with E-state index in [0.717, 1.165) is 0 Å². The molecule has 0 atom stereocenters. The van der Waals surface area contributed by atoms with Crippen LogP contribution in [0.4, 0.5) is 0 Å². The van der Waals surface area contributed by atoms with Crippen LogP contribution in [0.25, 0.3) is 0 Å². The molecule has 68 valence electrons. The SMILES string of the molecule is COCCCS(=O)(=O)CCN. The van der Waals surface area contributed by atoms with Gasteiger partial charge in [-0.3, -0.25) is 0 Å². The van der Waals surface area contributed by atoms with Crippen molar-refractivity contribution in [3.63, 3.8) is 0 Å². The predicted molar refractivity (Wildman–Crippen MR) is 44.2 cm³/mol. The van der Waals surface area contributed by atoms with Gasteiger partial charge in [-0.1, -0.05) is 0 Å². The van der Waals surface area contributed by atoms with Gasteiger partial charge >= 0.3 is 0 Å². The molecule has 0 aliphatic heterocycles. The van der Waals surface area contributed by atoms with Gasteiger partial charge in [0.1, 0.15) is 0 Å². The van der Waals surface area contributed by atoms with Crippen LogP contribution in [0.5, 0.6) is 0 Å². The van der Waals surface area contributed by atoms with Crippen LogP contribution in [-0.2, 0) is 14.6 Å². The van der Waals surface area contributed by atoms with Gasteiger partial charge in [-0.15, -0.1) is 0 Å². The lowest BCUT2D eigenvalue weighted by Crippen LogP contribution is -2.19. The molecule has 0 saturated carbocycles. The first-order valence-corrected chi connectivity index (χ1v) is 5.34. The van der Waals surface area contributed by atoms with Crippen molar-refractivity contribution in [1.29, 1.82) is 0 Å². The summed E-state index contributed by atoms with van der Waals surface area (Å²) >= 11 is 0. The summed E-state index contributed by atoms with van der Waals surface area (Å²) in [5.74, 6) is 0.259. The molecule has 0 radical (unpaired) electrons. The Morgan fingerprint density at radius 3 is 2.45 bits per heavy atom. The minimum absolute atomic E-state index is 0.0801. The molecule has 0 unspecified atom stereocenters. The first-order valence-electron chi connectivity index (χ1n) is 3.52. The lowest BCUT2D eigenvalue weighted by molar-refractivity contribution is 0.199. The summed E-state index contributed by atoms with van der Waals surface area (Å²) in [5, 5.41) is 0. The van der Waals surface area contributed by atoms with Crippen LogP contribution in [0.2, 0.25) is 0 Å². The molecule has 5 heteroatoms. The van der Waals surface area contributed by atoms with E-state index in [1.165, 1.54) is 0 Å². The van der Waals surface area contributed by atoms with Crippen molar-refractivity contribution in [2.45, 2.75) is 6.42 Å². The highest BCUT2D eigenvalue weighted by atomic mass is 32.2. The van der Waals surface area contributed by atoms with Gasteiger partial charge in [-0.05, 0) is 6.42 Å². The second-order valence-electron chi connectivity index (χ2n) is 2.29. The summed E-state index contributed by atoms with van der Waals surface area (Å²) < 4.78 is 26.7. The van der Waals surface area contributed by atoms with Crippen LogP contribution in [-0.4, -0.2) is 40.2 Å². The van der Waals surface area contributed by atoms with Gasteiger partial charge in [0.2, 0.25) is 0 Å². The highest BCUT2D eigenvalue weighted by Crippen LogP contribution is 1.92. The average molecular weight is 181 g/mol. The zero-order valence-electron chi connectivity index (χ0n) is 6.75. The molecule has 0 heterocycles. The Kier molecular flexibility index (Phi) is 5.45. The third kappa shape index (κ3) is 6.28. The maximum Gasteiger partial charge on any atom is 0.151 e. The topological polar surface area (TPSA) is 69.4 Å². The minimum atomic E-state index is -2.91. The van der Waals surface area contributed by atoms with Gasteiger partial charge < -0.3 is 10.5 Å². The van der Waals surface area contributed by atoms with Gasteiger partial charge in [-0.2, -0.15) is 0 Å². The third-order valence-electron chi connectivity index (χ3n) is 1.23. The quantitative estimate of drug-likeness (QED) is 0.555. The minimum Gasteiger partial charge on any atom is -0.385 e. The van der Waals surface area contributed by atoms with Crippen molar-refractivity contribution >= 4 is 9.84 Å². The Bertz CT molecular complexity index is 176. The maximum atomic E-state index is 11.0.